The van der Waals surface area contributed by atoms with Crippen molar-refractivity contribution in [2.24, 2.45) is 0 Å². The maximum atomic E-state index is 13.0. The molecule has 0 aliphatic carbocycles. The van der Waals surface area contributed by atoms with Crippen LogP contribution in [0, 0.1) is 6.92 Å². The Morgan fingerprint density at radius 2 is 1.74 bits per heavy atom. The first kappa shape index (κ1) is 22.2. The molecule has 31 heavy (non-hydrogen) atoms. The number of nitrogens with zero attached hydrogens (tertiary/aromatic N) is 1. The molecule has 2 N–H and O–H groups in total. The van der Waals surface area contributed by atoms with E-state index in [0.717, 1.165) is 5.56 Å². The number of rotatable bonds is 7. The van der Waals surface area contributed by atoms with Gasteiger partial charge in [-0.05, 0) is 48.4 Å². The highest BCUT2D eigenvalue weighted by Crippen LogP contribution is 2.41. The Hall–Kier alpha value is -3.52. The minimum atomic E-state index is -0.868. The molecule has 3 rings (SSSR count). The summed E-state index contributed by atoms with van der Waals surface area (Å²) < 4.78 is 15.5. The molecule has 1 aliphatic heterocycles. The molecule has 8 heteroatoms. The maximum absolute atomic E-state index is 13.0. The molecule has 1 fully saturated rings. The van der Waals surface area contributed by atoms with Crippen molar-refractivity contribution in [1.82, 2.24) is 4.90 Å². The molecule has 2 aromatic carbocycles. The number of ketones is 1. The summed E-state index contributed by atoms with van der Waals surface area (Å²) in [5.74, 6) is -1.07. The van der Waals surface area contributed by atoms with Crippen molar-refractivity contribution in [3.05, 3.63) is 58.7 Å². The van der Waals surface area contributed by atoms with E-state index in [1.165, 1.54) is 31.3 Å². The summed E-state index contributed by atoms with van der Waals surface area (Å²) >= 11 is 0. The first-order chi connectivity index (χ1) is 14.8. The number of aryl methyl sites for hydroxylation is 1. The molecule has 0 spiro atoms. The molecule has 0 radical (unpaired) electrons. The average molecular weight is 427 g/mol. The molecule has 8 nitrogen and oxygen atoms in total. The van der Waals surface area contributed by atoms with Gasteiger partial charge in [0, 0.05) is 19.2 Å². The summed E-state index contributed by atoms with van der Waals surface area (Å²) in [5.41, 5.74) is 1.62. The number of benzene rings is 2. The minimum absolute atomic E-state index is 0.0431. The van der Waals surface area contributed by atoms with Gasteiger partial charge < -0.3 is 29.3 Å². The van der Waals surface area contributed by atoms with Gasteiger partial charge in [-0.3, -0.25) is 9.59 Å². The van der Waals surface area contributed by atoms with Crippen LogP contribution in [0.4, 0.5) is 0 Å². The third-order valence-corrected chi connectivity index (χ3v) is 5.26. The number of amides is 1. The van der Waals surface area contributed by atoms with E-state index < -0.39 is 17.7 Å². The van der Waals surface area contributed by atoms with E-state index in [-0.39, 0.29) is 36.0 Å². The Morgan fingerprint density at radius 3 is 2.35 bits per heavy atom. The van der Waals surface area contributed by atoms with Crippen molar-refractivity contribution in [2.45, 2.75) is 13.0 Å². The number of methoxy groups -OCH3 is 3. The lowest BCUT2D eigenvalue weighted by atomic mass is 9.94. The van der Waals surface area contributed by atoms with Gasteiger partial charge in [0.25, 0.3) is 11.7 Å². The third-order valence-electron chi connectivity index (χ3n) is 5.26. The number of carbonyl (C=O) groups excluding carboxylic acids is 2. The minimum Gasteiger partial charge on any atom is -0.507 e. The fourth-order valence-electron chi connectivity index (χ4n) is 3.69. The van der Waals surface area contributed by atoms with E-state index in [4.69, 9.17) is 14.2 Å². The number of Topliss-reactive ketones (excluding diaryl/α,β-unsaturated/α-hetero) is 1. The van der Waals surface area contributed by atoms with Crippen molar-refractivity contribution < 1.29 is 34.0 Å². The quantitative estimate of drug-likeness (QED) is 0.398. The molecule has 1 saturated heterocycles. The normalized spacial score (nSPS) is 17.8. The highest BCUT2D eigenvalue weighted by atomic mass is 16.5. The number of likely N-dealkylation sites (tertiary alicyclic amines) is 1. The Labute approximate surface area is 180 Å². The van der Waals surface area contributed by atoms with Gasteiger partial charge in [0.2, 0.25) is 0 Å². The van der Waals surface area contributed by atoms with Crippen LogP contribution in [0.2, 0.25) is 0 Å². The van der Waals surface area contributed by atoms with E-state index in [2.05, 4.69) is 0 Å². The Balaban J connectivity index is 2.19. The summed E-state index contributed by atoms with van der Waals surface area (Å²) in [7, 11) is 4.44. The molecule has 2 aromatic rings. The Morgan fingerprint density at radius 1 is 1.03 bits per heavy atom. The fraction of sp³-hybridized carbons (Fsp3) is 0.304. The topological polar surface area (TPSA) is 106 Å². The van der Waals surface area contributed by atoms with Crippen molar-refractivity contribution >= 4 is 17.4 Å². The lowest BCUT2D eigenvalue weighted by Crippen LogP contribution is -2.32. The monoisotopic (exact) mass is 427 g/mol. The number of aliphatic hydroxyl groups excluding tert-OH is 1. The number of aromatic hydroxyl groups is 1. The highest BCUT2D eigenvalue weighted by Gasteiger charge is 2.46. The lowest BCUT2D eigenvalue weighted by molar-refractivity contribution is -0.140. The SMILES string of the molecule is COCCN1C(=O)C(=O)/C(=C(/O)c2ccc(OC)c(C)c2)[C@H]1c1ccc(O)c(OC)c1. The van der Waals surface area contributed by atoms with Gasteiger partial charge in [0.1, 0.15) is 11.5 Å². The molecule has 0 saturated carbocycles. The van der Waals surface area contributed by atoms with Gasteiger partial charge in [0.15, 0.2) is 11.5 Å². The number of ether oxygens (including phenoxy) is 3. The summed E-state index contributed by atoms with van der Waals surface area (Å²) in [5, 5.41) is 21.0. The van der Waals surface area contributed by atoms with Gasteiger partial charge in [-0.1, -0.05) is 6.07 Å². The Bertz CT molecular complexity index is 1040. The van der Waals surface area contributed by atoms with Gasteiger partial charge in [-0.25, -0.2) is 0 Å². The van der Waals surface area contributed by atoms with Crippen LogP contribution in [-0.2, 0) is 14.3 Å². The summed E-state index contributed by atoms with van der Waals surface area (Å²) in [6.07, 6.45) is 0. The van der Waals surface area contributed by atoms with Crippen molar-refractivity contribution in [1.29, 1.82) is 0 Å². The maximum Gasteiger partial charge on any atom is 0.295 e. The summed E-state index contributed by atoms with van der Waals surface area (Å²) in [6, 6.07) is 8.67. The molecule has 1 heterocycles. The van der Waals surface area contributed by atoms with Crippen LogP contribution in [-0.4, -0.2) is 61.3 Å². The van der Waals surface area contributed by atoms with Crippen LogP contribution in [0.15, 0.2) is 42.0 Å². The second-order valence-electron chi connectivity index (χ2n) is 7.10. The first-order valence-corrected chi connectivity index (χ1v) is 9.63. The van der Waals surface area contributed by atoms with Crippen LogP contribution < -0.4 is 9.47 Å². The van der Waals surface area contributed by atoms with Gasteiger partial charge >= 0.3 is 0 Å². The largest absolute Gasteiger partial charge is 0.507 e. The fourth-order valence-corrected chi connectivity index (χ4v) is 3.69. The second kappa shape index (κ2) is 9.09. The van der Waals surface area contributed by atoms with Gasteiger partial charge in [-0.15, -0.1) is 0 Å². The number of hydrogen-bond acceptors (Lipinski definition) is 7. The van der Waals surface area contributed by atoms with E-state index in [1.54, 1.807) is 31.4 Å². The molecule has 0 bridgehead atoms. The third kappa shape index (κ3) is 4.06. The molecular formula is C23H25NO7. The van der Waals surface area contributed by atoms with E-state index >= 15 is 0 Å². The molecule has 1 atom stereocenters. The lowest BCUT2D eigenvalue weighted by Gasteiger charge is -2.25. The van der Waals surface area contributed by atoms with Crippen molar-refractivity contribution in [3.8, 4) is 17.2 Å². The first-order valence-electron chi connectivity index (χ1n) is 9.63. The van der Waals surface area contributed by atoms with Gasteiger partial charge in [0.05, 0.1) is 32.4 Å². The second-order valence-corrected chi connectivity index (χ2v) is 7.10. The number of carbonyl (C=O) groups is 2. The molecule has 1 aliphatic rings. The zero-order valence-corrected chi connectivity index (χ0v) is 17.8. The number of hydrogen-bond donors (Lipinski definition) is 2. The molecule has 0 unspecified atom stereocenters. The predicted molar refractivity (Wildman–Crippen MR) is 113 cm³/mol. The van der Waals surface area contributed by atoms with E-state index in [1.807, 2.05) is 6.92 Å². The van der Waals surface area contributed by atoms with Crippen LogP contribution in [0.5, 0.6) is 17.2 Å². The van der Waals surface area contributed by atoms with Crippen molar-refractivity contribution in [2.75, 3.05) is 34.5 Å². The predicted octanol–water partition coefficient (Wildman–Crippen LogP) is 2.79. The van der Waals surface area contributed by atoms with E-state index in [0.29, 0.717) is 16.9 Å². The van der Waals surface area contributed by atoms with Crippen LogP contribution in [0.3, 0.4) is 0 Å². The van der Waals surface area contributed by atoms with Gasteiger partial charge in [-0.2, -0.15) is 0 Å². The molecular weight excluding hydrogens is 402 g/mol. The standard InChI is InChI=1S/C23H25NO7/c1-13-11-15(6-8-17(13)30-3)21(26)19-20(14-5-7-16(25)18(12-14)31-4)24(9-10-29-2)23(28)22(19)27/h5-8,11-12,20,25-26H,9-10H2,1-4H3/b21-19+/t20-/m1/s1. The smallest absolute Gasteiger partial charge is 0.295 e. The molecule has 0 aromatic heterocycles. The zero-order chi connectivity index (χ0) is 22.7. The van der Waals surface area contributed by atoms with Crippen LogP contribution >= 0.6 is 0 Å². The molecule has 164 valence electrons. The Kier molecular flexibility index (Phi) is 6.50. The average Bonchev–Trinajstić information content (AvgIpc) is 3.02. The van der Waals surface area contributed by atoms with Crippen LogP contribution in [0.1, 0.15) is 22.7 Å². The number of aliphatic hydroxyl groups is 1. The van der Waals surface area contributed by atoms with E-state index in [9.17, 15) is 19.8 Å². The summed E-state index contributed by atoms with van der Waals surface area (Å²) in [6.45, 7) is 2.17. The van der Waals surface area contributed by atoms with Crippen LogP contribution in [0.25, 0.3) is 5.76 Å². The molecule has 1 amide bonds. The summed E-state index contributed by atoms with van der Waals surface area (Å²) in [4.78, 5) is 27.1. The van der Waals surface area contributed by atoms with Crippen molar-refractivity contribution in [3.63, 3.8) is 0 Å². The highest BCUT2D eigenvalue weighted by molar-refractivity contribution is 6.46. The number of phenolic OH excluding ortho intramolecular Hbond substituents is 1. The number of phenols is 1. The zero-order valence-electron chi connectivity index (χ0n) is 17.8.